The number of nitrogens with one attached hydrogen (secondary N) is 1. The third-order valence-electron chi connectivity index (χ3n) is 5.76. The molecule has 3 rings (SSSR count). The zero-order valence-corrected chi connectivity index (χ0v) is 10.4. The van der Waals surface area contributed by atoms with E-state index in [0.717, 1.165) is 23.9 Å². The first-order chi connectivity index (χ1) is 6.94. The van der Waals surface area contributed by atoms with Crippen molar-refractivity contribution < 1.29 is 0 Å². The Morgan fingerprint density at radius 1 is 1.13 bits per heavy atom. The lowest BCUT2D eigenvalue weighted by Gasteiger charge is -2.41. The van der Waals surface area contributed by atoms with Crippen molar-refractivity contribution in [3.05, 3.63) is 12.2 Å². The fraction of sp³-hybridized carbons (Fsp3) is 0.857. The Hall–Kier alpha value is -0.300. The average molecular weight is 205 g/mol. The van der Waals surface area contributed by atoms with Gasteiger partial charge < -0.3 is 5.32 Å². The molecule has 3 atom stereocenters. The Morgan fingerprint density at radius 2 is 1.80 bits per heavy atom. The summed E-state index contributed by atoms with van der Waals surface area (Å²) in [5.74, 6) is 1.84. The quantitative estimate of drug-likeness (QED) is 0.683. The van der Waals surface area contributed by atoms with Crippen molar-refractivity contribution in [1.82, 2.24) is 5.32 Å². The molecule has 0 spiro atoms. The molecule has 84 valence electrons. The van der Waals surface area contributed by atoms with Crippen LogP contribution in [0.4, 0.5) is 0 Å². The van der Waals surface area contributed by atoms with Gasteiger partial charge in [0.05, 0.1) is 0 Å². The molecule has 0 heterocycles. The van der Waals surface area contributed by atoms with Crippen LogP contribution in [-0.4, -0.2) is 12.1 Å². The zero-order valence-electron chi connectivity index (χ0n) is 10.4. The van der Waals surface area contributed by atoms with Crippen LogP contribution in [-0.2, 0) is 0 Å². The SMILES string of the molecule is CC1(C)C(NC2CC3CC=CC32)C1(C)C. The van der Waals surface area contributed by atoms with Crippen LogP contribution in [0.1, 0.15) is 40.5 Å². The van der Waals surface area contributed by atoms with Crippen LogP contribution in [0.25, 0.3) is 0 Å². The molecule has 0 aromatic carbocycles. The molecule has 3 aliphatic carbocycles. The molecule has 0 aromatic rings. The standard InChI is InChI=1S/C14H23N/c1-13(2)12(14(13,3)4)15-11-8-9-6-5-7-10(9)11/h5,7,9-12,15H,6,8H2,1-4H3. The molecule has 0 saturated heterocycles. The van der Waals surface area contributed by atoms with Crippen molar-refractivity contribution in [3.8, 4) is 0 Å². The third kappa shape index (κ3) is 1.13. The molecule has 1 nitrogen and oxygen atoms in total. The van der Waals surface area contributed by atoms with Crippen LogP contribution < -0.4 is 5.32 Å². The first-order valence-electron chi connectivity index (χ1n) is 6.37. The Morgan fingerprint density at radius 3 is 2.33 bits per heavy atom. The maximum absolute atomic E-state index is 3.89. The second-order valence-corrected chi connectivity index (χ2v) is 6.89. The summed E-state index contributed by atoms with van der Waals surface area (Å²) >= 11 is 0. The van der Waals surface area contributed by atoms with Crippen molar-refractivity contribution in [2.75, 3.05) is 0 Å². The van der Waals surface area contributed by atoms with Gasteiger partial charge in [-0.1, -0.05) is 39.8 Å². The summed E-state index contributed by atoms with van der Waals surface area (Å²) < 4.78 is 0. The highest BCUT2D eigenvalue weighted by Gasteiger charge is 2.65. The maximum atomic E-state index is 3.89. The predicted molar refractivity (Wildman–Crippen MR) is 63.6 cm³/mol. The van der Waals surface area contributed by atoms with Crippen LogP contribution in [0.15, 0.2) is 12.2 Å². The van der Waals surface area contributed by atoms with Gasteiger partial charge in [0.1, 0.15) is 0 Å². The van der Waals surface area contributed by atoms with E-state index in [2.05, 4.69) is 45.2 Å². The van der Waals surface area contributed by atoms with Gasteiger partial charge in [-0.05, 0) is 35.5 Å². The Kier molecular flexibility index (Phi) is 1.77. The highest BCUT2D eigenvalue weighted by Crippen LogP contribution is 2.63. The Balaban J connectivity index is 1.62. The first kappa shape index (κ1) is 9.89. The average Bonchev–Trinajstić information content (AvgIpc) is 2.47. The normalized spacial score (nSPS) is 44.9. The smallest absolute Gasteiger partial charge is 0.0184 e. The second-order valence-electron chi connectivity index (χ2n) is 6.89. The minimum atomic E-state index is 0.487. The first-order valence-corrected chi connectivity index (χ1v) is 6.37. The van der Waals surface area contributed by atoms with Gasteiger partial charge in [-0.3, -0.25) is 0 Å². The molecular formula is C14H23N. The van der Waals surface area contributed by atoms with E-state index in [-0.39, 0.29) is 0 Å². The van der Waals surface area contributed by atoms with E-state index < -0.39 is 0 Å². The molecule has 1 N–H and O–H groups in total. The van der Waals surface area contributed by atoms with Gasteiger partial charge in [0, 0.05) is 12.1 Å². The van der Waals surface area contributed by atoms with Crippen molar-refractivity contribution in [2.24, 2.45) is 22.7 Å². The van der Waals surface area contributed by atoms with E-state index in [1.54, 1.807) is 0 Å². The number of hydrogen-bond acceptors (Lipinski definition) is 1. The molecule has 0 radical (unpaired) electrons. The summed E-state index contributed by atoms with van der Waals surface area (Å²) in [5.41, 5.74) is 0.973. The summed E-state index contributed by atoms with van der Waals surface area (Å²) in [4.78, 5) is 0. The van der Waals surface area contributed by atoms with Gasteiger partial charge in [0.2, 0.25) is 0 Å². The third-order valence-corrected chi connectivity index (χ3v) is 5.76. The van der Waals surface area contributed by atoms with Crippen molar-refractivity contribution in [1.29, 1.82) is 0 Å². The van der Waals surface area contributed by atoms with Gasteiger partial charge in [-0.15, -0.1) is 0 Å². The summed E-state index contributed by atoms with van der Waals surface area (Å²) in [7, 11) is 0. The highest BCUT2D eigenvalue weighted by atomic mass is 15.1. The van der Waals surface area contributed by atoms with Crippen molar-refractivity contribution >= 4 is 0 Å². The number of hydrogen-bond donors (Lipinski definition) is 1. The van der Waals surface area contributed by atoms with Gasteiger partial charge >= 0.3 is 0 Å². The molecule has 0 amide bonds. The lowest BCUT2D eigenvalue weighted by molar-refractivity contribution is 0.155. The number of rotatable bonds is 2. The molecule has 2 saturated carbocycles. The monoisotopic (exact) mass is 205 g/mol. The second kappa shape index (κ2) is 2.68. The molecule has 0 aliphatic heterocycles. The van der Waals surface area contributed by atoms with Gasteiger partial charge in [-0.2, -0.15) is 0 Å². The van der Waals surface area contributed by atoms with Crippen LogP contribution in [0, 0.1) is 22.7 Å². The summed E-state index contributed by atoms with van der Waals surface area (Å²) in [6, 6.07) is 1.50. The lowest BCUT2D eigenvalue weighted by Crippen LogP contribution is -2.50. The van der Waals surface area contributed by atoms with Crippen molar-refractivity contribution in [2.45, 2.75) is 52.6 Å². The van der Waals surface area contributed by atoms with Gasteiger partial charge in [-0.25, -0.2) is 0 Å². The molecule has 1 heteroatoms. The molecule has 0 bridgehead atoms. The van der Waals surface area contributed by atoms with Crippen LogP contribution in [0.3, 0.4) is 0 Å². The zero-order chi connectivity index (χ0) is 10.8. The minimum Gasteiger partial charge on any atom is -0.310 e. The minimum absolute atomic E-state index is 0.487. The van der Waals surface area contributed by atoms with E-state index in [1.807, 2.05) is 0 Å². The molecule has 0 aromatic heterocycles. The Labute approximate surface area is 93.3 Å². The van der Waals surface area contributed by atoms with Gasteiger partial charge in [0.25, 0.3) is 0 Å². The molecule has 3 aliphatic rings. The summed E-state index contributed by atoms with van der Waals surface area (Å²) in [5, 5.41) is 3.89. The van der Waals surface area contributed by atoms with E-state index in [4.69, 9.17) is 0 Å². The predicted octanol–water partition coefficient (Wildman–Crippen LogP) is 2.98. The largest absolute Gasteiger partial charge is 0.310 e. The van der Waals surface area contributed by atoms with E-state index >= 15 is 0 Å². The van der Waals surface area contributed by atoms with Crippen LogP contribution in [0.2, 0.25) is 0 Å². The molecule has 3 unspecified atom stereocenters. The lowest BCUT2D eigenvalue weighted by atomic mass is 9.71. The molecule has 2 fully saturated rings. The molecular weight excluding hydrogens is 182 g/mol. The Bertz CT molecular complexity index is 299. The van der Waals surface area contributed by atoms with Crippen molar-refractivity contribution in [3.63, 3.8) is 0 Å². The van der Waals surface area contributed by atoms with E-state index in [9.17, 15) is 0 Å². The van der Waals surface area contributed by atoms with Gasteiger partial charge in [0.15, 0.2) is 0 Å². The highest BCUT2D eigenvalue weighted by molar-refractivity contribution is 5.21. The van der Waals surface area contributed by atoms with E-state index in [1.165, 1.54) is 12.8 Å². The summed E-state index contributed by atoms with van der Waals surface area (Å²) in [6.07, 6.45) is 7.55. The molecule has 15 heavy (non-hydrogen) atoms. The van der Waals surface area contributed by atoms with E-state index in [0.29, 0.717) is 10.8 Å². The van der Waals surface area contributed by atoms with Crippen LogP contribution >= 0.6 is 0 Å². The summed E-state index contributed by atoms with van der Waals surface area (Å²) in [6.45, 7) is 9.58. The fourth-order valence-corrected chi connectivity index (χ4v) is 3.73. The maximum Gasteiger partial charge on any atom is 0.0184 e. The number of fused-ring (bicyclic) bond motifs is 1. The van der Waals surface area contributed by atoms with Crippen LogP contribution in [0.5, 0.6) is 0 Å². The fourth-order valence-electron chi connectivity index (χ4n) is 3.73. The number of allylic oxidation sites excluding steroid dienone is 1. The topological polar surface area (TPSA) is 12.0 Å².